The number of hydrogen-bond donors (Lipinski definition) is 0. The lowest BCUT2D eigenvalue weighted by molar-refractivity contribution is 0.785. The molecule has 0 aliphatic carbocycles. The van der Waals surface area contributed by atoms with Gasteiger partial charge in [0.25, 0.3) is 5.95 Å². The molecule has 0 atom stereocenters. The van der Waals surface area contributed by atoms with Crippen molar-refractivity contribution in [1.29, 1.82) is 0 Å². The molecule has 0 aliphatic rings. The van der Waals surface area contributed by atoms with Crippen LogP contribution in [0, 0.1) is 0 Å². The summed E-state index contributed by atoms with van der Waals surface area (Å²) in [5.41, 5.74) is 0. The van der Waals surface area contributed by atoms with Gasteiger partial charge < -0.3 is 0 Å². The molecule has 3 rings (SSSR count). The zero-order valence-corrected chi connectivity index (χ0v) is 10.3. The summed E-state index contributed by atoms with van der Waals surface area (Å²) in [7, 11) is 0. The van der Waals surface area contributed by atoms with Gasteiger partial charge >= 0.3 is 0 Å². The standard InChI is InChI=1S/C8H5BrN6S/c9-6-1-2-16-7(6)14-5-11-13-8(14)15-4-10-3-12-15/h1-5H. The molecule has 0 radical (unpaired) electrons. The third kappa shape index (κ3) is 1.46. The van der Waals surface area contributed by atoms with Crippen molar-refractivity contribution >= 4 is 27.3 Å². The van der Waals surface area contributed by atoms with Crippen molar-refractivity contribution in [2.24, 2.45) is 0 Å². The first-order chi connectivity index (χ1) is 7.86. The van der Waals surface area contributed by atoms with E-state index in [1.54, 1.807) is 28.7 Å². The smallest absolute Gasteiger partial charge is 0.256 e. The van der Waals surface area contributed by atoms with Crippen molar-refractivity contribution < 1.29 is 0 Å². The van der Waals surface area contributed by atoms with Gasteiger partial charge in [0.2, 0.25) is 0 Å². The highest BCUT2D eigenvalue weighted by molar-refractivity contribution is 9.10. The lowest BCUT2D eigenvalue weighted by Crippen LogP contribution is -2.04. The van der Waals surface area contributed by atoms with Gasteiger partial charge in [-0.15, -0.1) is 21.5 Å². The Morgan fingerprint density at radius 1 is 1.31 bits per heavy atom. The van der Waals surface area contributed by atoms with Gasteiger partial charge in [0.05, 0.1) is 4.47 Å². The second-order valence-corrected chi connectivity index (χ2v) is 4.66. The van der Waals surface area contributed by atoms with Crippen molar-refractivity contribution in [3.63, 3.8) is 0 Å². The van der Waals surface area contributed by atoms with Crippen molar-refractivity contribution in [3.8, 4) is 10.9 Å². The molecule has 0 bridgehead atoms. The molecular formula is C8H5BrN6S. The summed E-state index contributed by atoms with van der Waals surface area (Å²) < 4.78 is 4.42. The van der Waals surface area contributed by atoms with Crippen LogP contribution < -0.4 is 0 Å². The first-order valence-corrected chi connectivity index (χ1v) is 6.02. The van der Waals surface area contributed by atoms with Crippen molar-refractivity contribution in [3.05, 3.63) is 34.9 Å². The fourth-order valence-corrected chi connectivity index (χ4v) is 2.83. The molecule has 0 N–H and O–H groups in total. The first-order valence-electron chi connectivity index (χ1n) is 4.34. The molecule has 80 valence electrons. The normalized spacial score (nSPS) is 10.8. The van der Waals surface area contributed by atoms with Gasteiger partial charge in [0.1, 0.15) is 24.0 Å². The Balaban J connectivity index is 2.17. The zero-order valence-electron chi connectivity index (χ0n) is 7.86. The van der Waals surface area contributed by atoms with Crippen LogP contribution in [0.15, 0.2) is 34.9 Å². The molecule has 3 heterocycles. The molecule has 0 aliphatic heterocycles. The number of aromatic nitrogens is 6. The van der Waals surface area contributed by atoms with E-state index in [4.69, 9.17) is 0 Å². The van der Waals surface area contributed by atoms with Gasteiger partial charge in [0, 0.05) is 0 Å². The Morgan fingerprint density at radius 2 is 2.25 bits per heavy atom. The molecule has 6 nitrogen and oxygen atoms in total. The summed E-state index contributed by atoms with van der Waals surface area (Å²) in [4.78, 5) is 3.89. The van der Waals surface area contributed by atoms with E-state index in [-0.39, 0.29) is 0 Å². The van der Waals surface area contributed by atoms with E-state index in [9.17, 15) is 0 Å². The predicted octanol–water partition coefficient (Wildman–Crippen LogP) is 1.67. The van der Waals surface area contributed by atoms with Crippen molar-refractivity contribution in [2.75, 3.05) is 0 Å². The molecule has 3 aromatic heterocycles. The largest absolute Gasteiger partial charge is 0.258 e. The van der Waals surface area contributed by atoms with E-state index in [0.29, 0.717) is 5.95 Å². The van der Waals surface area contributed by atoms with Gasteiger partial charge in [-0.2, -0.15) is 9.78 Å². The van der Waals surface area contributed by atoms with Crippen LogP contribution in [0.5, 0.6) is 0 Å². The second-order valence-electron chi connectivity index (χ2n) is 2.91. The highest BCUT2D eigenvalue weighted by Crippen LogP contribution is 2.27. The van der Waals surface area contributed by atoms with Crippen LogP contribution in [0.1, 0.15) is 0 Å². The van der Waals surface area contributed by atoms with Crippen LogP contribution in [0.2, 0.25) is 0 Å². The SMILES string of the molecule is Brc1ccsc1-n1cnnc1-n1cncn1. The maximum atomic E-state index is 4.03. The van der Waals surface area contributed by atoms with E-state index in [0.717, 1.165) is 9.47 Å². The van der Waals surface area contributed by atoms with Crippen molar-refractivity contribution in [2.45, 2.75) is 0 Å². The second kappa shape index (κ2) is 3.80. The quantitative estimate of drug-likeness (QED) is 0.722. The molecule has 0 saturated heterocycles. The summed E-state index contributed by atoms with van der Waals surface area (Å²) in [6.07, 6.45) is 4.69. The van der Waals surface area contributed by atoms with Crippen LogP contribution >= 0.6 is 27.3 Å². The van der Waals surface area contributed by atoms with E-state index in [2.05, 4.69) is 36.2 Å². The Hall–Kier alpha value is -1.54. The summed E-state index contributed by atoms with van der Waals surface area (Å²) in [6.45, 7) is 0. The van der Waals surface area contributed by atoms with Crippen LogP contribution in [-0.2, 0) is 0 Å². The number of thiophene rings is 1. The lowest BCUT2D eigenvalue weighted by atomic mass is 10.6. The molecule has 0 unspecified atom stereocenters. The number of hydrogen-bond acceptors (Lipinski definition) is 5. The summed E-state index contributed by atoms with van der Waals surface area (Å²) in [5.74, 6) is 0.612. The molecule has 0 amide bonds. The maximum Gasteiger partial charge on any atom is 0.258 e. The van der Waals surface area contributed by atoms with E-state index in [1.165, 1.54) is 6.33 Å². The fraction of sp³-hybridized carbons (Fsp3) is 0. The van der Waals surface area contributed by atoms with Gasteiger partial charge in [-0.05, 0) is 27.4 Å². The lowest BCUT2D eigenvalue weighted by Gasteiger charge is -2.03. The van der Waals surface area contributed by atoms with Gasteiger partial charge in [-0.25, -0.2) is 4.98 Å². The fourth-order valence-electron chi connectivity index (χ4n) is 1.30. The Labute approximate surface area is 103 Å². The van der Waals surface area contributed by atoms with Gasteiger partial charge in [0.15, 0.2) is 0 Å². The van der Waals surface area contributed by atoms with Crippen LogP contribution in [0.4, 0.5) is 0 Å². The monoisotopic (exact) mass is 296 g/mol. The Morgan fingerprint density at radius 3 is 2.94 bits per heavy atom. The molecular weight excluding hydrogens is 292 g/mol. The minimum atomic E-state index is 0.612. The maximum absolute atomic E-state index is 4.03. The first kappa shape index (κ1) is 9.67. The zero-order chi connectivity index (χ0) is 11.0. The molecule has 0 fully saturated rings. The van der Waals surface area contributed by atoms with E-state index < -0.39 is 0 Å². The molecule has 0 saturated carbocycles. The molecule has 8 heteroatoms. The van der Waals surface area contributed by atoms with Crippen LogP contribution in [0.3, 0.4) is 0 Å². The van der Waals surface area contributed by atoms with Crippen molar-refractivity contribution in [1.82, 2.24) is 29.5 Å². The Kier molecular flexibility index (Phi) is 2.29. The van der Waals surface area contributed by atoms with Crippen LogP contribution in [-0.4, -0.2) is 29.5 Å². The predicted molar refractivity (Wildman–Crippen MR) is 61.9 cm³/mol. The number of rotatable bonds is 2. The topological polar surface area (TPSA) is 61.4 Å². The molecule has 3 aromatic rings. The average Bonchev–Trinajstić information content (AvgIpc) is 2.95. The summed E-state index contributed by atoms with van der Waals surface area (Å²) in [6, 6.07) is 1.98. The minimum Gasteiger partial charge on any atom is -0.256 e. The molecule has 0 spiro atoms. The third-order valence-electron chi connectivity index (χ3n) is 1.97. The Bertz CT molecular complexity index is 598. The van der Waals surface area contributed by atoms with Gasteiger partial charge in [-0.3, -0.25) is 4.57 Å². The van der Waals surface area contributed by atoms with Crippen LogP contribution in [0.25, 0.3) is 10.9 Å². The highest BCUT2D eigenvalue weighted by Gasteiger charge is 2.12. The third-order valence-corrected chi connectivity index (χ3v) is 3.78. The average molecular weight is 297 g/mol. The minimum absolute atomic E-state index is 0.612. The number of nitrogens with zero attached hydrogens (tertiary/aromatic N) is 6. The summed E-state index contributed by atoms with van der Waals surface area (Å²) >= 11 is 5.07. The van der Waals surface area contributed by atoms with E-state index >= 15 is 0 Å². The highest BCUT2D eigenvalue weighted by atomic mass is 79.9. The summed E-state index contributed by atoms with van der Waals surface area (Å²) in [5, 5.41) is 14.9. The molecule has 16 heavy (non-hydrogen) atoms. The van der Waals surface area contributed by atoms with E-state index in [1.807, 2.05) is 16.0 Å². The molecule has 0 aromatic carbocycles. The number of halogens is 1. The van der Waals surface area contributed by atoms with Gasteiger partial charge in [-0.1, -0.05) is 0 Å².